The Hall–Kier alpha value is -3.54. The van der Waals surface area contributed by atoms with Crippen molar-refractivity contribution in [3.8, 4) is 29.1 Å². The lowest BCUT2D eigenvalue weighted by atomic mass is 9.79. The number of anilines is 1. The summed E-state index contributed by atoms with van der Waals surface area (Å²) < 4.78 is 42.3. The van der Waals surface area contributed by atoms with Gasteiger partial charge in [-0.25, -0.2) is 8.42 Å². The molecule has 0 radical (unpaired) electrons. The Kier molecular flexibility index (Phi) is 12.0. The number of piperazine rings is 1. The van der Waals surface area contributed by atoms with Crippen molar-refractivity contribution >= 4 is 39.9 Å². The second-order valence-corrected chi connectivity index (χ2v) is 13.8. The summed E-state index contributed by atoms with van der Waals surface area (Å²) in [5.41, 5.74) is 0.418. The van der Waals surface area contributed by atoms with Crippen LogP contribution in [0.3, 0.4) is 0 Å². The smallest absolute Gasteiger partial charge is 0.249 e. The molecule has 3 fully saturated rings. The van der Waals surface area contributed by atoms with Crippen LogP contribution in [0.15, 0.2) is 42.5 Å². The number of ether oxygens (including phenoxy) is 3. The van der Waals surface area contributed by atoms with Gasteiger partial charge in [0.25, 0.3) is 0 Å². The number of halogens is 1. The van der Waals surface area contributed by atoms with Gasteiger partial charge in [-0.3, -0.25) is 19.2 Å². The molecule has 256 valence electrons. The van der Waals surface area contributed by atoms with Crippen molar-refractivity contribution in [1.29, 1.82) is 0 Å². The molecule has 0 unspecified atom stereocenters. The maximum absolute atomic E-state index is 13.8. The maximum Gasteiger partial charge on any atom is 0.249 e. The minimum absolute atomic E-state index is 0. The van der Waals surface area contributed by atoms with E-state index in [1.165, 1.54) is 7.11 Å². The summed E-state index contributed by atoms with van der Waals surface area (Å²) >= 11 is 0. The summed E-state index contributed by atoms with van der Waals surface area (Å²) in [6, 6.07) is 11.4. The van der Waals surface area contributed by atoms with Gasteiger partial charge in [-0.1, -0.05) is 18.1 Å². The molecule has 3 aliphatic heterocycles. The van der Waals surface area contributed by atoms with Gasteiger partial charge in [-0.05, 0) is 68.4 Å². The quantitative estimate of drug-likeness (QED) is 0.320. The normalized spacial score (nSPS) is 20.8. The first-order valence-corrected chi connectivity index (χ1v) is 17.3. The van der Waals surface area contributed by atoms with Crippen molar-refractivity contribution in [3.63, 3.8) is 0 Å². The minimum Gasteiger partial charge on any atom is -0.493 e. The number of likely N-dealkylation sites (tertiary alicyclic amines) is 1. The van der Waals surface area contributed by atoms with Crippen LogP contribution in [-0.4, -0.2) is 99.0 Å². The zero-order chi connectivity index (χ0) is 32.9. The number of piperidine rings is 1. The molecule has 14 heteroatoms. The van der Waals surface area contributed by atoms with E-state index in [-0.39, 0.29) is 36.7 Å². The fourth-order valence-corrected chi connectivity index (χ4v) is 7.00. The third-order valence-electron chi connectivity index (χ3n) is 8.97. The number of hydrogen-bond acceptors (Lipinski definition) is 9. The Labute approximate surface area is 282 Å². The second kappa shape index (κ2) is 15.6. The van der Waals surface area contributed by atoms with Gasteiger partial charge in [0.15, 0.2) is 11.5 Å². The second-order valence-electron chi connectivity index (χ2n) is 12.0. The number of nitrogens with one attached hydrogen (secondary N) is 2. The highest BCUT2D eigenvalue weighted by Gasteiger charge is 2.55. The van der Waals surface area contributed by atoms with Crippen molar-refractivity contribution < 1.29 is 37.3 Å². The highest BCUT2D eigenvalue weighted by atomic mass is 35.5. The standard InChI is InChI=1S/C33H42N4O8S.ClH/c1-4-5-16-37-31(39)29(30(38)24-12-19-44-20-13-24)34-32(40)33(37)14-17-36(18-15-33)22-23-6-9-26(10-7-23)45-27-11-8-25(21-28(27)43-2)35-46(3,41)42;/h6-11,21,24,29-30,35,38H,12-20,22H2,1-3H3,(H,34,40);1H/t29-,30-;/m1./s1. The van der Waals surface area contributed by atoms with E-state index in [0.717, 1.165) is 11.8 Å². The van der Waals surface area contributed by atoms with Crippen molar-refractivity contribution in [2.24, 2.45) is 5.92 Å². The van der Waals surface area contributed by atoms with E-state index in [4.69, 9.17) is 14.2 Å². The number of aliphatic hydroxyl groups excluding tert-OH is 1. The topological polar surface area (TPSA) is 147 Å². The molecule has 0 aliphatic carbocycles. The maximum atomic E-state index is 13.8. The van der Waals surface area contributed by atoms with Crippen LogP contribution >= 0.6 is 12.4 Å². The summed E-state index contributed by atoms with van der Waals surface area (Å²) in [4.78, 5) is 31.3. The average molecular weight is 691 g/mol. The summed E-state index contributed by atoms with van der Waals surface area (Å²) in [7, 11) is -1.94. The van der Waals surface area contributed by atoms with E-state index in [1.54, 1.807) is 30.0 Å². The van der Waals surface area contributed by atoms with Crippen LogP contribution in [0, 0.1) is 17.8 Å². The molecular formula is C33H43ClN4O8S. The predicted molar refractivity (Wildman–Crippen MR) is 179 cm³/mol. The molecule has 3 saturated heterocycles. The first-order chi connectivity index (χ1) is 22.0. The highest BCUT2D eigenvalue weighted by molar-refractivity contribution is 7.92. The molecule has 47 heavy (non-hydrogen) atoms. The molecule has 5 rings (SSSR count). The summed E-state index contributed by atoms with van der Waals surface area (Å²) in [5.74, 6) is 6.64. The first kappa shape index (κ1) is 36.3. The van der Waals surface area contributed by atoms with Gasteiger partial charge in [0.05, 0.1) is 31.7 Å². The number of methoxy groups -OCH3 is 1. The van der Waals surface area contributed by atoms with Crippen LogP contribution in [0.2, 0.25) is 0 Å². The van der Waals surface area contributed by atoms with Crippen molar-refractivity contribution in [3.05, 3.63) is 48.0 Å². The Morgan fingerprint density at radius 1 is 1.11 bits per heavy atom. The molecule has 2 atom stereocenters. The number of rotatable bonds is 10. The monoisotopic (exact) mass is 690 g/mol. The van der Waals surface area contributed by atoms with Gasteiger partial charge in [0.1, 0.15) is 17.3 Å². The first-order valence-electron chi connectivity index (χ1n) is 15.5. The van der Waals surface area contributed by atoms with E-state index in [1.807, 2.05) is 24.3 Å². The predicted octanol–water partition coefficient (Wildman–Crippen LogP) is 2.75. The summed E-state index contributed by atoms with van der Waals surface area (Å²) in [6.45, 7) is 4.78. The minimum atomic E-state index is -3.43. The Morgan fingerprint density at radius 3 is 2.40 bits per heavy atom. The average Bonchev–Trinajstić information content (AvgIpc) is 3.04. The van der Waals surface area contributed by atoms with Gasteiger partial charge < -0.3 is 29.5 Å². The third-order valence-corrected chi connectivity index (χ3v) is 9.58. The summed E-state index contributed by atoms with van der Waals surface area (Å²) in [5, 5.41) is 14.0. The zero-order valence-corrected chi connectivity index (χ0v) is 28.5. The van der Waals surface area contributed by atoms with E-state index < -0.39 is 27.7 Å². The molecule has 2 amide bonds. The van der Waals surface area contributed by atoms with E-state index >= 15 is 0 Å². The molecule has 0 aromatic heterocycles. The van der Waals surface area contributed by atoms with E-state index in [2.05, 4.69) is 26.8 Å². The van der Waals surface area contributed by atoms with Gasteiger partial charge in [-0.2, -0.15) is 0 Å². The number of amides is 2. The number of hydrogen-bond donors (Lipinski definition) is 3. The Bertz CT molecular complexity index is 1580. The molecule has 0 bridgehead atoms. The molecule has 2 aromatic rings. The number of aliphatic hydroxyl groups is 1. The fourth-order valence-electron chi connectivity index (χ4n) is 6.44. The number of nitrogens with zero attached hydrogens (tertiary/aromatic N) is 2. The largest absolute Gasteiger partial charge is 0.493 e. The Balaban J connectivity index is 0.00000500. The number of benzene rings is 2. The van der Waals surface area contributed by atoms with Gasteiger partial charge in [0.2, 0.25) is 21.8 Å². The fraction of sp³-hybridized carbons (Fsp3) is 0.515. The van der Waals surface area contributed by atoms with Crippen molar-refractivity contribution in [2.75, 3.05) is 50.9 Å². The molecule has 0 saturated carbocycles. The van der Waals surface area contributed by atoms with Gasteiger partial charge >= 0.3 is 0 Å². The van der Waals surface area contributed by atoms with Crippen LogP contribution in [0.5, 0.6) is 17.2 Å². The van der Waals surface area contributed by atoms with Crippen LogP contribution in [0.25, 0.3) is 0 Å². The summed E-state index contributed by atoms with van der Waals surface area (Å²) in [6.07, 6.45) is 2.32. The number of carbonyl (C=O) groups is 2. The van der Waals surface area contributed by atoms with Crippen molar-refractivity contribution in [1.82, 2.24) is 15.1 Å². The highest BCUT2D eigenvalue weighted by Crippen LogP contribution is 2.36. The zero-order valence-electron chi connectivity index (χ0n) is 26.9. The van der Waals surface area contributed by atoms with E-state index in [9.17, 15) is 23.1 Å². The SMILES string of the molecule is CC#CCN1C(=O)[C@@H]([C@H](O)C2CCOCC2)NC(=O)C12CCN(Cc1ccc(Oc3ccc(NS(C)(=O)=O)cc3OC)cc1)CC2.Cl. The van der Waals surface area contributed by atoms with E-state index in [0.29, 0.717) is 81.5 Å². The molecule has 3 heterocycles. The molecule has 1 spiro atoms. The number of sulfonamides is 1. The molecule has 2 aromatic carbocycles. The van der Waals surface area contributed by atoms with Crippen LogP contribution < -0.4 is 19.5 Å². The van der Waals surface area contributed by atoms with Crippen LogP contribution in [0.4, 0.5) is 5.69 Å². The lowest BCUT2D eigenvalue weighted by Crippen LogP contribution is -2.75. The third kappa shape index (κ3) is 8.49. The van der Waals surface area contributed by atoms with Crippen LogP contribution in [0.1, 0.15) is 38.2 Å². The molecule has 12 nitrogen and oxygen atoms in total. The molecule has 3 aliphatic rings. The van der Waals surface area contributed by atoms with Crippen LogP contribution in [-0.2, 0) is 30.9 Å². The van der Waals surface area contributed by atoms with Crippen molar-refractivity contribution in [2.45, 2.75) is 56.8 Å². The van der Waals surface area contributed by atoms with Gasteiger partial charge in [-0.15, -0.1) is 18.3 Å². The molecular weight excluding hydrogens is 648 g/mol. The molecule has 3 N–H and O–H groups in total. The lowest BCUT2D eigenvalue weighted by Gasteiger charge is -2.52. The lowest BCUT2D eigenvalue weighted by molar-refractivity contribution is -0.165. The van der Waals surface area contributed by atoms with Gasteiger partial charge in [0, 0.05) is 38.9 Å². The Morgan fingerprint density at radius 2 is 1.79 bits per heavy atom. The number of carbonyl (C=O) groups excluding carboxylic acids is 2.